The Kier molecular flexibility index (Phi) is 3.72. The van der Waals surface area contributed by atoms with E-state index in [1.807, 2.05) is 0 Å². The lowest BCUT2D eigenvalue weighted by atomic mass is 10.3. The number of hydrogen-bond acceptors (Lipinski definition) is 4. The number of nitro groups is 1. The van der Waals surface area contributed by atoms with Gasteiger partial charge in [-0.1, -0.05) is 0 Å². The van der Waals surface area contributed by atoms with Crippen LogP contribution in [0.2, 0.25) is 0 Å². The van der Waals surface area contributed by atoms with Gasteiger partial charge < -0.3 is 4.74 Å². The van der Waals surface area contributed by atoms with E-state index in [-0.39, 0.29) is 15.1 Å². The van der Waals surface area contributed by atoms with Crippen LogP contribution in [-0.2, 0) is 0 Å². The highest BCUT2D eigenvalue weighted by Gasteiger charge is 2.23. The minimum absolute atomic E-state index is 0.0892. The van der Waals surface area contributed by atoms with Crippen LogP contribution in [0.4, 0.5) is 14.5 Å². The van der Waals surface area contributed by atoms with Crippen LogP contribution in [0.1, 0.15) is 12.1 Å². The molecule has 0 bridgehead atoms. The molecule has 0 saturated heterocycles. The fraction of sp³-hybridized carbons (Fsp3) is 0.286. The molecule has 0 unspecified atom stereocenters. The molecule has 1 aromatic heterocycles. The molecule has 0 aliphatic heterocycles. The summed E-state index contributed by atoms with van der Waals surface area (Å²) in [5.74, 6) is -0.280. The molecule has 8 heteroatoms. The van der Waals surface area contributed by atoms with Crippen LogP contribution < -0.4 is 4.74 Å². The van der Waals surface area contributed by atoms with Gasteiger partial charge in [-0.2, -0.15) is 0 Å². The predicted molar refractivity (Wildman–Crippen MR) is 55.1 cm³/mol. The predicted octanol–water partition coefficient (Wildman–Crippen LogP) is 2.54. The van der Waals surface area contributed by atoms with Crippen LogP contribution in [0.15, 0.2) is 6.07 Å². The highest BCUT2D eigenvalue weighted by molar-refractivity contribution is 14.1. The molecule has 0 fully saturated rings. The molecular formula is C7H5F2IN2O3. The van der Waals surface area contributed by atoms with Crippen molar-refractivity contribution < 1.29 is 18.4 Å². The maximum absolute atomic E-state index is 12.4. The number of pyridine rings is 1. The molecule has 15 heavy (non-hydrogen) atoms. The van der Waals surface area contributed by atoms with Crippen LogP contribution in [0.3, 0.4) is 0 Å². The van der Waals surface area contributed by atoms with Gasteiger partial charge in [0.1, 0.15) is 5.69 Å². The van der Waals surface area contributed by atoms with E-state index in [0.29, 0.717) is 0 Å². The average molecular weight is 330 g/mol. The number of rotatable bonds is 3. The first-order valence-electron chi connectivity index (χ1n) is 3.64. The Hall–Kier alpha value is -1.06. The third-order valence-corrected chi connectivity index (χ3v) is 2.37. The van der Waals surface area contributed by atoms with Gasteiger partial charge in [0.15, 0.2) is 9.45 Å². The van der Waals surface area contributed by atoms with Crippen LogP contribution in [0.25, 0.3) is 0 Å². The van der Waals surface area contributed by atoms with Crippen molar-refractivity contribution in [2.24, 2.45) is 0 Å². The van der Waals surface area contributed by atoms with Crippen molar-refractivity contribution in [2.45, 2.75) is 6.43 Å². The number of halogens is 3. The number of methoxy groups -OCH3 is 1. The SMILES string of the molecule is COc1cc([N+](=O)[O-])c(I)nc1C(F)F. The average Bonchev–Trinajstić information content (AvgIpc) is 2.16. The van der Waals surface area contributed by atoms with Crippen molar-refractivity contribution in [3.05, 3.63) is 25.6 Å². The van der Waals surface area contributed by atoms with Gasteiger partial charge in [0.25, 0.3) is 6.43 Å². The largest absolute Gasteiger partial charge is 0.494 e. The lowest BCUT2D eigenvalue weighted by molar-refractivity contribution is -0.386. The fourth-order valence-corrected chi connectivity index (χ4v) is 1.54. The monoisotopic (exact) mass is 330 g/mol. The first kappa shape index (κ1) is 12.0. The molecular weight excluding hydrogens is 325 g/mol. The second-order valence-corrected chi connectivity index (χ2v) is 3.47. The Bertz CT molecular complexity index is 400. The molecule has 0 radical (unpaired) electrons. The molecule has 0 aliphatic rings. The van der Waals surface area contributed by atoms with Crippen LogP contribution in [0, 0.1) is 13.8 Å². The number of ether oxygens (including phenoxy) is 1. The van der Waals surface area contributed by atoms with E-state index in [1.54, 1.807) is 0 Å². The Labute approximate surface area is 96.7 Å². The summed E-state index contributed by atoms with van der Waals surface area (Å²) in [6.45, 7) is 0. The van der Waals surface area contributed by atoms with Crippen LogP contribution in [-0.4, -0.2) is 17.0 Å². The van der Waals surface area contributed by atoms with Crippen molar-refractivity contribution in [3.8, 4) is 5.75 Å². The lowest BCUT2D eigenvalue weighted by Gasteiger charge is -2.06. The summed E-state index contributed by atoms with van der Waals surface area (Å²) in [7, 11) is 1.15. The van der Waals surface area contributed by atoms with Crippen molar-refractivity contribution in [3.63, 3.8) is 0 Å². The van der Waals surface area contributed by atoms with Crippen molar-refractivity contribution >= 4 is 28.3 Å². The topological polar surface area (TPSA) is 65.3 Å². The summed E-state index contributed by atoms with van der Waals surface area (Å²) >= 11 is 1.53. The number of aromatic nitrogens is 1. The molecule has 0 aliphatic carbocycles. The van der Waals surface area contributed by atoms with E-state index in [2.05, 4.69) is 9.72 Å². The normalized spacial score (nSPS) is 10.5. The Morgan fingerprint density at radius 2 is 2.27 bits per heavy atom. The number of alkyl halides is 2. The fourth-order valence-electron chi connectivity index (χ4n) is 0.924. The van der Waals surface area contributed by atoms with Gasteiger partial charge in [0.2, 0.25) is 0 Å². The number of nitrogens with zero attached hydrogens (tertiary/aromatic N) is 2. The van der Waals surface area contributed by atoms with Crippen molar-refractivity contribution in [1.29, 1.82) is 0 Å². The molecule has 1 heterocycles. The summed E-state index contributed by atoms with van der Waals surface area (Å²) < 4.78 is 29.3. The van der Waals surface area contributed by atoms with Crippen LogP contribution in [0.5, 0.6) is 5.75 Å². The van der Waals surface area contributed by atoms with Gasteiger partial charge in [-0.3, -0.25) is 10.1 Å². The number of hydrogen-bond donors (Lipinski definition) is 0. The van der Waals surface area contributed by atoms with E-state index in [4.69, 9.17) is 0 Å². The molecule has 0 atom stereocenters. The summed E-state index contributed by atoms with van der Waals surface area (Å²) in [6, 6.07) is 0.941. The molecule has 0 aromatic carbocycles. The van der Waals surface area contributed by atoms with Gasteiger partial charge in [-0.25, -0.2) is 13.8 Å². The lowest BCUT2D eigenvalue weighted by Crippen LogP contribution is -2.02. The summed E-state index contributed by atoms with van der Waals surface area (Å²) in [6.07, 6.45) is -2.82. The zero-order valence-corrected chi connectivity index (χ0v) is 9.57. The van der Waals surface area contributed by atoms with Gasteiger partial charge in [0, 0.05) is 0 Å². The van der Waals surface area contributed by atoms with E-state index in [9.17, 15) is 18.9 Å². The first-order chi connectivity index (χ1) is 6.97. The highest BCUT2D eigenvalue weighted by Crippen LogP contribution is 2.32. The minimum atomic E-state index is -2.82. The maximum Gasteiger partial charge on any atom is 0.304 e. The van der Waals surface area contributed by atoms with E-state index < -0.39 is 17.0 Å². The molecule has 1 aromatic rings. The molecule has 0 amide bonds. The van der Waals surface area contributed by atoms with Gasteiger partial charge in [-0.15, -0.1) is 0 Å². The van der Waals surface area contributed by atoms with E-state index in [0.717, 1.165) is 13.2 Å². The standard InChI is InChI=1S/C7H5F2IN2O3/c1-15-4-2-3(12(13)14)7(10)11-5(4)6(8)9/h2,6H,1H3. The molecule has 0 saturated carbocycles. The van der Waals surface area contributed by atoms with E-state index in [1.165, 1.54) is 22.6 Å². The molecule has 0 N–H and O–H groups in total. The molecule has 0 spiro atoms. The first-order valence-corrected chi connectivity index (χ1v) is 4.72. The maximum atomic E-state index is 12.4. The van der Waals surface area contributed by atoms with Gasteiger partial charge in [0.05, 0.1) is 18.1 Å². The minimum Gasteiger partial charge on any atom is -0.494 e. The van der Waals surface area contributed by atoms with Gasteiger partial charge in [-0.05, 0) is 22.6 Å². The third-order valence-electron chi connectivity index (χ3n) is 1.57. The van der Waals surface area contributed by atoms with Crippen LogP contribution >= 0.6 is 22.6 Å². The summed E-state index contributed by atoms with van der Waals surface area (Å²) in [4.78, 5) is 13.2. The summed E-state index contributed by atoms with van der Waals surface area (Å²) in [5.41, 5.74) is -0.940. The smallest absolute Gasteiger partial charge is 0.304 e. The second-order valence-electron chi connectivity index (χ2n) is 2.44. The zero-order valence-electron chi connectivity index (χ0n) is 7.41. The Balaban J connectivity index is 3.35. The molecule has 82 valence electrons. The highest BCUT2D eigenvalue weighted by atomic mass is 127. The zero-order chi connectivity index (χ0) is 11.6. The second kappa shape index (κ2) is 4.64. The van der Waals surface area contributed by atoms with Gasteiger partial charge >= 0.3 is 5.69 Å². The molecule has 5 nitrogen and oxygen atoms in total. The molecule has 1 rings (SSSR count). The third kappa shape index (κ3) is 2.49. The summed E-state index contributed by atoms with van der Waals surface area (Å²) in [5, 5.41) is 10.5. The Morgan fingerprint density at radius 3 is 2.67 bits per heavy atom. The van der Waals surface area contributed by atoms with E-state index >= 15 is 0 Å². The van der Waals surface area contributed by atoms with Crippen molar-refractivity contribution in [1.82, 2.24) is 4.98 Å². The van der Waals surface area contributed by atoms with Crippen molar-refractivity contribution in [2.75, 3.05) is 7.11 Å². The quantitative estimate of drug-likeness (QED) is 0.370. The Morgan fingerprint density at radius 1 is 1.67 bits per heavy atom.